The largest absolute Gasteiger partial charge is 0.494 e. The summed E-state index contributed by atoms with van der Waals surface area (Å²) in [6.07, 6.45) is 1.30. The number of amides is 1. The predicted octanol–water partition coefficient (Wildman–Crippen LogP) is 6.30. The minimum Gasteiger partial charge on any atom is -0.494 e. The number of fused-ring (bicyclic) bond motifs is 1. The van der Waals surface area contributed by atoms with Crippen LogP contribution in [0, 0.1) is 13.8 Å². The lowest BCUT2D eigenvalue weighted by atomic mass is 10.1. The highest BCUT2D eigenvalue weighted by molar-refractivity contribution is 6.31. The summed E-state index contributed by atoms with van der Waals surface area (Å²) < 4.78 is 8.24. The maximum absolute atomic E-state index is 13.0. The van der Waals surface area contributed by atoms with Crippen LogP contribution in [0.5, 0.6) is 5.75 Å². The van der Waals surface area contributed by atoms with Gasteiger partial charge >= 0.3 is 0 Å². The van der Waals surface area contributed by atoms with Crippen LogP contribution in [0.1, 0.15) is 35.7 Å². The van der Waals surface area contributed by atoms with E-state index in [1.165, 1.54) is 0 Å². The smallest absolute Gasteiger partial charge is 0.227 e. The van der Waals surface area contributed by atoms with Crippen LogP contribution < -0.4 is 9.64 Å². The fourth-order valence-electron chi connectivity index (χ4n) is 4.74. The van der Waals surface area contributed by atoms with Crippen LogP contribution in [-0.2, 0) is 11.3 Å². The number of anilines is 1. The maximum Gasteiger partial charge on any atom is 0.227 e. The molecule has 0 radical (unpaired) electrons. The third-order valence-electron chi connectivity index (χ3n) is 6.50. The molecule has 1 fully saturated rings. The van der Waals surface area contributed by atoms with E-state index in [4.69, 9.17) is 21.3 Å². The third-order valence-corrected chi connectivity index (χ3v) is 6.93. The molecule has 2 heterocycles. The molecule has 1 aromatic heterocycles. The molecule has 0 aliphatic carbocycles. The van der Waals surface area contributed by atoms with Crippen molar-refractivity contribution >= 4 is 34.2 Å². The number of hydrogen-bond donors (Lipinski definition) is 0. The van der Waals surface area contributed by atoms with E-state index in [1.807, 2.05) is 79.4 Å². The summed E-state index contributed by atoms with van der Waals surface area (Å²) in [7, 11) is 0. The molecule has 1 aliphatic heterocycles. The van der Waals surface area contributed by atoms with Crippen LogP contribution in [0.2, 0.25) is 5.02 Å². The third kappa shape index (κ3) is 4.40. The van der Waals surface area contributed by atoms with E-state index >= 15 is 0 Å². The highest BCUT2D eigenvalue weighted by Crippen LogP contribution is 2.34. The number of imidazole rings is 1. The molecule has 1 amide bonds. The van der Waals surface area contributed by atoms with E-state index < -0.39 is 0 Å². The Bertz CT molecular complexity index is 1350. The van der Waals surface area contributed by atoms with Gasteiger partial charge in [0.15, 0.2) is 0 Å². The molecule has 4 aromatic rings. The standard InChI is InChI=1S/C28H28ClN3O2/c1-19-8-3-5-10-25(19)32-18-21(17-27(32)33)28-30-24-9-4-6-11-26(24)31(28)14-7-15-34-22-12-13-23(29)20(2)16-22/h3-6,8-13,16,21H,7,14-15,17-18H2,1-2H3. The zero-order valence-corrected chi connectivity index (χ0v) is 20.3. The van der Waals surface area contributed by atoms with E-state index in [-0.39, 0.29) is 11.8 Å². The molecular weight excluding hydrogens is 446 g/mol. The summed E-state index contributed by atoms with van der Waals surface area (Å²) >= 11 is 6.12. The minimum atomic E-state index is 0.0549. The van der Waals surface area contributed by atoms with Crippen molar-refractivity contribution in [1.82, 2.24) is 9.55 Å². The minimum absolute atomic E-state index is 0.0549. The summed E-state index contributed by atoms with van der Waals surface area (Å²) in [6, 6.07) is 22.0. The molecule has 6 heteroatoms. The highest BCUT2D eigenvalue weighted by Gasteiger charge is 2.35. The molecule has 3 aromatic carbocycles. The lowest BCUT2D eigenvalue weighted by molar-refractivity contribution is -0.117. The lowest BCUT2D eigenvalue weighted by Crippen LogP contribution is -2.25. The van der Waals surface area contributed by atoms with Gasteiger partial charge < -0.3 is 14.2 Å². The zero-order valence-electron chi connectivity index (χ0n) is 19.5. The number of carbonyl (C=O) groups excluding carboxylic acids is 1. The number of nitrogens with zero attached hydrogens (tertiary/aromatic N) is 3. The van der Waals surface area contributed by atoms with E-state index in [9.17, 15) is 4.79 Å². The van der Waals surface area contributed by atoms with Gasteiger partial charge in [0.1, 0.15) is 11.6 Å². The van der Waals surface area contributed by atoms with Crippen molar-refractivity contribution in [3.63, 3.8) is 0 Å². The molecule has 34 heavy (non-hydrogen) atoms. The number of hydrogen-bond acceptors (Lipinski definition) is 3. The Balaban J connectivity index is 1.34. The topological polar surface area (TPSA) is 47.4 Å². The van der Waals surface area contributed by atoms with Gasteiger partial charge in [-0.15, -0.1) is 0 Å². The number of benzene rings is 3. The Morgan fingerprint density at radius 3 is 2.65 bits per heavy atom. The number of aromatic nitrogens is 2. The first-order chi connectivity index (χ1) is 16.5. The van der Waals surface area contributed by atoms with Gasteiger partial charge in [0.2, 0.25) is 5.91 Å². The van der Waals surface area contributed by atoms with Crippen LogP contribution in [0.3, 0.4) is 0 Å². The first-order valence-corrected chi connectivity index (χ1v) is 12.1. The van der Waals surface area contributed by atoms with Crippen molar-refractivity contribution in [2.24, 2.45) is 0 Å². The first kappa shape index (κ1) is 22.5. The Morgan fingerprint density at radius 1 is 1.03 bits per heavy atom. The Kier molecular flexibility index (Phi) is 6.29. The van der Waals surface area contributed by atoms with Crippen LogP contribution in [-0.4, -0.2) is 28.6 Å². The van der Waals surface area contributed by atoms with E-state index in [2.05, 4.69) is 10.6 Å². The second-order valence-electron chi connectivity index (χ2n) is 8.92. The van der Waals surface area contributed by atoms with Gasteiger partial charge in [0.05, 0.1) is 17.6 Å². The average Bonchev–Trinajstić information content (AvgIpc) is 3.40. The molecule has 0 spiro atoms. The molecule has 5 rings (SSSR count). The maximum atomic E-state index is 13.0. The van der Waals surface area contributed by atoms with Gasteiger partial charge in [-0.25, -0.2) is 4.98 Å². The number of ether oxygens (including phenoxy) is 1. The Hall–Kier alpha value is -3.31. The van der Waals surface area contributed by atoms with Crippen LogP contribution in [0.15, 0.2) is 66.7 Å². The summed E-state index contributed by atoms with van der Waals surface area (Å²) in [6.45, 7) is 6.03. The number of rotatable bonds is 7. The van der Waals surface area contributed by atoms with Gasteiger partial charge in [-0.3, -0.25) is 4.79 Å². The molecule has 0 N–H and O–H groups in total. The summed E-state index contributed by atoms with van der Waals surface area (Å²) in [5.74, 6) is 2.01. The van der Waals surface area contributed by atoms with E-state index in [0.717, 1.165) is 57.4 Å². The molecule has 1 aliphatic rings. The van der Waals surface area contributed by atoms with Crippen molar-refractivity contribution in [1.29, 1.82) is 0 Å². The number of para-hydroxylation sites is 3. The molecular formula is C28H28ClN3O2. The van der Waals surface area contributed by atoms with Gasteiger partial charge in [-0.1, -0.05) is 41.9 Å². The molecule has 5 nitrogen and oxygen atoms in total. The van der Waals surface area contributed by atoms with Crippen LogP contribution in [0.4, 0.5) is 5.69 Å². The molecule has 0 saturated carbocycles. The fraction of sp³-hybridized carbons (Fsp3) is 0.286. The van der Waals surface area contributed by atoms with Crippen molar-refractivity contribution in [2.45, 2.75) is 39.2 Å². The summed E-state index contributed by atoms with van der Waals surface area (Å²) in [4.78, 5) is 19.8. The quantitative estimate of drug-likeness (QED) is 0.296. The first-order valence-electron chi connectivity index (χ1n) is 11.7. The highest BCUT2D eigenvalue weighted by atomic mass is 35.5. The van der Waals surface area contributed by atoms with Crippen molar-refractivity contribution in [2.75, 3.05) is 18.1 Å². The molecule has 1 unspecified atom stereocenters. The zero-order chi connectivity index (χ0) is 23.7. The molecule has 0 bridgehead atoms. The Labute approximate surface area is 204 Å². The summed E-state index contributed by atoms with van der Waals surface area (Å²) in [5.41, 5.74) is 5.17. The van der Waals surface area contributed by atoms with E-state index in [1.54, 1.807) is 0 Å². The number of carbonyl (C=O) groups is 1. The van der Waals surface area contributed by atoms with Gasteiger partial charge in [-0.2, -0.15) is 0 Å². The van der Waals surface area contributed by atoms with Crippen molar-refractivity contribution in [3.8, 4) is 5.75 Å². The molecule has 1 saturated heterocycles. The average molecular weight is 474 g/mol. The Morgan fingerprint density at radius 2 is 1.82 bits per heavy atom. The fourth-order valence-corrected chi connectivity index (χ4v) is 4.86. The normalized spacial score (nSPS) is 15.9. The SMILES string of the molecule is Cc1cc(OCCCn2c(C3CC(=O)N(c4ccccc4C)C3)nc3ccccc32)ccc1Cl. The van der Waals surface area contributed by atoms with Gasteiger partial charge in [-0.05, 0) is 67.8 Å². The number of aryl methyl sites for hydroxylation is 3. The molecule has 1 atom stereocenters. The molecule has 174 valence electrons. The lowest BCUT2D eigenvalue weighted by Gasteiger charge is -2.19. The predicted molar refractivity (Wildman–Crippen MR) is 137 cm³/mol. The summed E-state index contributed by atoms with van der Waals surface area (Å²) in [5, 5.41) is 0.743. The van der Waals surface area contributed by atoms with Gasteiger partial charge in [0.25, 0.3) is 0 Å². The van der Waals surface area contributed by atoms with E-state index in [0.29, 0.717) is 19.6 Å². The van der Waals surface area contributed by atoms with Crippen LogP contribution >= 0.6 is 11.6 Å². The number of halogens is 1. The van der Waals surface area contributed by atoms with Crippen LogP contribution in [0.25, 0.3) is 11.0 Å². The van der Waals surface area contributed by atoms with Gasteiger partial charge in [0, 0.05) is 36.1 Å². The second kappa shape index (κ2) is 9.51. The monoisotopic (exact) mass is 473 g/mol. The van der Waals surface area contributed by atoms with Crippen molar-refractivity contribution < 1.29 is 9.53 Å². The van der Waals surface area contributed by atoms with Crippen molar-refractivity contribution in [3.05, 3.63) is 88.7 Å². The second-order valence-corrected chi connectivity index (χ2v) is 9.32.